The molecule has 2 heterocycles. The minimum atomic E-state index is -0.576. The Bertz CT molecular complexity index is 1620. The van der Waals surface area contributed by atoms with E-state index in [2.05, 4.69) is 20.8 Å². The van der Waals surface area contributed by atoms with Gasteiger partial charge in [-0.15, -0.1) is 21.5 Å². The lowest BCUT2D eigenvalue weighted by Crippen LogP contribution is -2.26. The number of thiophene rings is 1. The number of hydrogen-bond donors (Lipinski definition) is 2. The highest BCUT2D eigenvalue weighted by Gasteiger charge is 2.30. The van der Waals surface area contributed by atoms with Gasteiger partial charge in [-0.1, -0.05) is 42.1 Å². The zero-order valence-corrected chi connectivity index (χ0v) is 26.6. The first-order valence-corrected chi connectivity index (χ1v) is 16.3. The van der Waals surface area contributed by atoms with E-state index in [1.54, 1.807) is 13.8 Å². The van der Waals surface area contributed by atoms with Crippen molar-refractivity contribution in [3.63, 3.8) is 0 Å². The van der Waals surface area contributed by atoms with Crippen molar-refractivity contribution in [2.45, 2.75) is 63.4 Å². The Balaban J connectivity index is 1.34. The summed E-state index contributed by atoms with van der Waals surface area (Å²) in [6.45, 7) is 6.43. The predicted octanol–water partition coefficient (Wildman–Crippen LogP) is 5.37. The third-order valence-electron chi connectivity index (χ3n) is 7.05. The van der Waals surface area contributed by atoms with Crippen LogP contribution >= 0.6 is 23.1 Å². The minimum Gasteiger partial charge on any atom is -0.494 e. The van der Waals surface area contributed by atoms with Crippen molar-refractivity contribution in [3.05, 3.63) is 82.0 Å². The number of thioether (sulfide) groups is 1. The van der Waals surface area contributed by atoms with Crippen LogP contribution in [0, 0.1) is 0 Å². The van der Waals surface area contributed by atoms with Crippen LogP contribution in [-0.4, -0.2) is 51.0 Å². The largest absolute Gasteiger partial charge is 0.494 e. The van der Waals surface area contributed by atoms with Gasteiger partial charge in [-0.05, 0) is 75.4 Å². The molecule has 12 heteroatoms. The monoisotopic (exact) mass is 633 g/mol. The molecule has 2 aromatic carbocycles. The highest BCUT2D eigenvalue weighted by atomic mass is 32.2. The molecule has 44 heavy (non-hydrogen) atoms. The van der Waals surface area contributed by atoms with Gasteiger partial charge in [-0.2, -0.15) is 0 Å². The standard InChI is InChI=1S/C32H35N5O5S2/c1-4-41-23-16-14-22(15-17-23)37-26(19-33-27(38)18-21-10-7-6-8-11-21)35-36-32(37)43-20(3)29(39)34-30-28(31(40)42-5-2)24-12-9-13-25(24)44-30/h6-8,10-11,14-17,20H,4-5,9,12-13,18-19H2,1-3H3,(H,33,38)(H,34,39)/t20-/m0/s1. The first kappa shape index (κ1) is 31.3. The third kappa shape index (κ3) is 7.31. The summed E-state index contributed by atoms with van der Waals surface area (Å²) in [4.78, 5) is 40.0. The lowest BCUT2D eigenvalue weighted by molar-refractivity contribution is -0.120. The molecule has 10 nitrogen and oxygen atoms in total. The molecular weight excluding hydrogens is 599 g/mol. The molecule has 0 fully saturated rings. The topological polar surface area (TPSA) is 124 Å². The number of rotatable bonds is 13. The Morgan fingerprint density at radius 2 is 1.80 bits per heavy atom. The number of ether oxygens (including phenoxy) is 2. The molecule has 2 aromatic heterocycles. The lowest BCUT2D eigenvalue weighted by Gasteiger charge is -2.15. The summed E-state index contributed by atoms with van der Waals surface area (Å²) in [5.74, 6) is 0.435. The average Bonchev–Trinajstić information content (AvgIpc) is 3.72. The van der Waals surface area contributed by atoms with Crippen LogP contribution in [0.3, 0.4) is 0 Å². The van der Waals surface area contributed by atoms with Gasteiger partial charge in [-0.3, -0.25) is 14.2 Å². The maximum atomic E-state index is 13.4. The Kier molecular flexibility index (Phi) is 10.3. The first-order valence-electron chi connectivity index (χ1n) is 14.6. The van der Waals surface area contributed by atoms with Crippen LogP contribution in [0.2, 0.25) is 0 Å². The van der Waals surface area contributed by atoms with Crippen molar-refractivity contribution >= 4 is 45.9 Å². The van der Waals surface area contributed by atoms with Crippen LogP contribution in [0.1, 0.15) is 59.4 Å². The number of anilines is 1. The van der Waals surface area contributed by atoms with Gasteiger partial charge in [0.15, 0.2) is 11.0 Å². The number of benzene rings is 2. The molecule has 0 unspecified atom stereocenters. The second-order valence-corrected chi connectivity index (χ2v) is 12.5. The molecule has 0 aliphatic heterocycles. The third-order valence-corrected chi connectivity index (χ3v) is 9.30. The number of nitrogens with one attached hydrogen (secondary N) is 2. The molecule has 0 spiro atoms. The number of aromatic nitrogens is 3. The SMILES string of the molecule is CCOC(=O)c1c(NC(=O)[C@H](C)Sc2nnc(CNC(=O)Cc3ccccc3)n2-c2ccc(OCC)cc2)sc2c1CCC2. The number of nitrogens with zero attached hydrogens (tertiary/aromatic N) is 3. The summed E-state index contributed by atoms with van der Waals surface area (Å²) in [6, 6.07) is 17.0. The van der Waals surface area contributed by atoms with Gasteiger partial charge in [0.1, 0.15) is 10.8 Å². The molecule has 0 radical (unpaired) electrons. The van der Waals surface area contributed by atoms with Gasteiger partial charge >= 0.3 is 5.97 Å². The first-order chi connectivity index (χ1) is 21.4. The van der Waals surface area contributed by atoms with Crippen LogP contribution < -0.4 is 15.4 Å². The molecule has 230 valence electrons. The van der Waals surface area contributed by atoms with Crippen LogP contribution in [0.25, 0.3) is 5.69 Å². The molecule has 2 N–H and O–H groups in total. The summed E-state index contributed by atoms with van der Waals surface area (Å²) >= 11 is 2.69. The number of fused-ring (bicyclic) bond motifs is 1. The second kappa shape index (κ2) is 14.5. The van der Waals surface area contributed by atoms with Gasteiger partial charge in [0, 0.05) is 10.6 Å². The fourth-order valence-electron chi connectivity index (χ4n) is 4.97. The van der Waals surface area contributed by atoms with Gasteiger partial charge < -0.3 is 20.1 Å². The summed E-state index contributed by atoms with van der Waals surface area (Å²) in [5, 5.41) is 15.1. The van der Waals surface area contributed by atoms with Gasteiger partial charge in [0.05, 0.1) is 37.0 Å². The van der Waals surface area contributed by atoms with E-state index in [9.17, 15) is 14.4 Å². The summed E-state index contributed by atoms with van der Waals surface area (Å²) in [7, 11) is 0. The summed E-state index contributed by atoms with van der Waals surface area (Å²) in [6.07, 6.45) is 2.93. The Labute approximate surface area is 264 Å². The van der Waals surface area contributed by atoms with E-state index in [4.69, 9.17) is 9.47 Å². The number of amides is 2. The van der Waals surface area contributed by atoms with E-state index < -0.39 is 11.2 Å². The smallest absolute Gasteiger partial charge is 0.341 e. The van der Waals surface area contributed by atoms with Gasteiger partial charge in [-0.25, -0.2) is 4.79 Å². The quantitative estimate of drug-likeness (QED) is 0.149. The van der Waals surface area contributed by atoms with E-state index in [0.717, 1.165) is 46.7 Å². The number of aryl methyl sites for hydroxylation is 1. The normalized spacial score (nSPS) is 12.8. The average molecular weight is 634 g/mol. The van der Waals surface area contributed by atoms with Crippen molar-refractivity contribution in [2.75, 3.05) is 18.5 Å². The van der Waals surface area contributed by atoms with E-state index >= 15 is 0 Å². The molecular formula is C32H35N5O5S2. The minimum absolute atomic E-state index is 0.139. The van der Waals surface area contributed by atoms with Crippen molar-refractivity contribution in [2.24, 2.45) is 0 Å². The van der Waals surface area contributed by atoms with Crippen molar-refractivity contribution in [3.8, 4) is 11.4 Å². The van der Waals surface area contributed by atoms with E-state index in [1.807, 2.05) is 66.1 Å². The summed E-state index contributed by atoms with van der Waals surface area (Å²) in [5.41, 5.74) is 3.13. The molecule has 1 aliphatic carbocycles. The van der Waals surface area contributed by atoms with Crippen LogP contribution in [0.4, 0.5) is 5.00 Å². The highest BCUT2D eigenvalue weighted by Crippen LogP contribution is 2.40. The molecule has 2 amide bonds. The number of esters is 1. The molecule has 1 atom stereocenters. The van der Waals surface area contributed by atoms with Gasteiger partial charge in [0.2, 0.25) is 11.8 Å². The zero-order chi connectivity index (χ0) is 31.1. The molecule has 0 saturated heterocycles. The van der Waals surface area contributed by atoms with Crippen molar-refractivity contribution < 1.29 is 23.9 Å². The number of carbonyl (C=O) groups excluding carboxylic acids is 3. The van der Waals surface area contributed by atoms with Crippen LogP contribution in [-0.2, 0) is 40.1 Å². The van der Waals surface area contributed by atoms with Crippen LogP contribution in [0.15, 0.2) is 59.8 Å². The molecule has 0 saturated carbocycles. The summed E-state index contributed by atoms with van der Waals surface area (Å²) < 4.78 is 12.7. The zero-order valence-electron chi connectivity index (χ0n) is 24.9. The van der Waals surface area contributed by atoms with Crippen molar-refractivity contribution in [1.29, 1.82) is 0 Å². The fourth-order valence-corrected chi connectivity index (χ4v) is 7.13. The van der Waals surface area contributed by atoms with Crippen molar-refractivity contribution in [1.82, 2.24) is 20.1 Å². The lowest BCUT2D eigenvalue weighted by atomic mass is 10.1. The van der Waals surface area contributed by atoms with Gasteiger partial charge in [0.25, 0.3) is 0 Å². The maximum Gasteiger partial charge on any atom is 0.341 e. The maximum absolute atomic E-state index is 13.4. The Morgan fingerprint density at radius 1 is 1.02 bits per heavy atom. The van der Waals surface area contributed by atoms with Crippen LogP contribution in [0.5, 0.6) is 5.75 Å². The number of hydrogen-bond acceptors (Lipinski definition) is 9. The fraction of sp³-hybridized carbons (Fsp3) is 0.344. The Hall–Kier alpha value is -4.16. The molecule has 5 rings (SSSR count). The highest BCUT2D eigenvalue weighted by molar-refractivity contribution is 8.00. The van der Waals surface area contributed by atoms with E-state index in [-0.39, 0.29) is 31.4 Å². The van der Waals surface area contributed by atoms with E-state index in [0.29, 0.717) is 28.2 Å². The number of carbonyl (C=O) groups is 3. The van der Waals surface area contributed by atoms with E-state index in [1.165, 1.54) is 23.1 Å². The molecule has 4 aromatic rings. The second-order valence-electron chi connectivity index (χ2n) is 10.1. The molecule has 1 aliphatic rings. The predicted molar refractivity (Wildman–Crippen MR) is 171 cm³/mol. The Morgan fingerprint density at radius 3 is 2.52 bits per heavy atom. The molecule has 0 bridgehead atoms.